The SMILES string of the molecule is C[C@H]1C[C@@H]2[C@@H](CC(=O)N2Cc2ccccc2)[C@@H]1CNC(=O)C1CCCC1. The zero-order valence-corrected chi connectivity index (χ0v) is 15.7. The molecule has 140 valence electrons. The summed E-state index contributed by atoms with van der Waals surface area (Å²) in [7, 11) is 0. The first-order chi connectivity index (χ1) is 12.6. The molecule has 1 N–H and O–H groups in total. The van der Waals surface area contributed by atoms with Gasteiger partial charge in [0.25, 0.3) is 0 Å². The third kappa shape index (κ3) is 3.38. The van der Waals surface area contributed by atoms with Crippen LogP contribution in [0.3, 0.4) is 0 Å². The van der Waals surface area contributed by atoms with Crippen LogP contribution in [0.5, 0.6) is 0 Å². The normalized spacial score (nSPS) is 31.4. The Kier molecular flexibility index (Phi) is 5.01. The molecule has 3 aliphatic rings. The molecule has 1 saturated heterocycles. The van der Waals surface area contributed by atoms with Crippen molar-refractivity contribution in [3.05, 3.63) is 35.9 Å². The Morgan fingerprint density at radius 3 is 2.65 bits per heavy atom. The molecule has 0 spiro atoms. The van der Waals surface area contributed by atoms with Crippen molar-refractivity contribution in [3.63, 3.8) is 0 Å². The Labute approximate surface area is 156 Å². The number of benzene rings is 1. The summed E-state index contributed by atoms with van der Waals surface area (Å²) in [6, 6.07) is 10.6. The number of fused-ring (bicyclic) bond motifs is 1. The van der Waals surface area contributed by atoms with Gasteiger partial charge in [0.1, 0.15) is 0 Å². The molecule has 26 heavy (non-hydrogen) atoms. The van der Waals surface area contributed by atoms with Gasteiger partial charge in [0, 0.05) is 31.5 Å². The van der Waals surface area contributed by atoms with E-state index < -0.39 is 0 Å². The maximum atomic E-state index is 12.6. The summed E-state index contributed by atoms with van der Waals surface area (Å²) in [6.45, 7) is 3.74. The van der Waals surface area contributed by atoms with E-state index in [1.54, 1.807) is 0 Å². The van der Waals surface area contributed by atoms with Crippen LogP contribution < -0.4 is 5.32 Å². The lowest BCUT2D eigenvalue weighted by atomic mass is 9.88. The van der Waals surface area contributed by atoms with Crippen LogP contribution in [0.4, 0.5) is 0 Å². The second-order valence-corrected chi connectivity index (χ2v) is 8.55. The van der Waals surface area contributed by atoms with Crippen LogP contribution >= 0.6 is 0 Å². The summed E-state index contributed by atoms with van der Waals surface area (Å²) in [6.07, 6.45) is 6.17. The molecule has 1 heterocycles. The van der Waals surface area contributed by atoms with Gasteiger partial charge in [0.15, 0.2) is 0 Å². The van der Waals surface area contributed by atoms with Gasteiger partial charge in [-0.05, 0) is 42.6 Å². The highest BCUT2D eigenvalue weighted by Crippen LogP contribution is 2.46. The fraction of sp³-hybridized carbons (Fsp3) is 0.636. The number of carbonyl (C=O) groups is 2. The fourth-order valence-corrected chi connectivity index (χ4v) is 5.48. The number of hydrogen-bond donors (Lipinski definition) is 1. The van der Waals surface area contributed by atoms with Gasteiger partial charge in [-0.25, -0.2) is 0 Å². The third-order valence-corrected chi connectivity index (χ3v) is 6.95. The smallest absolute Gasteiger partial charge is 0.223 e. The molecule has 3 fully saturated rings. The Morgan fingerprint density at radius 1 is 1.19 bits per heavy atom. The van der Waals surface area contributed by atoms with E-state index in [1.165, 1.54) is 18.4 Å². The first-order valence-electron chi connectivity index (χ1n) is 10.2. The van der Waals surface area contributed by atoms with Crippen molar-refractivity contribution in [1.29, 1.82) is 0 Å². The topological polar surface area (TPSA) is 49.4 Å². The van der Waals surface area contributed by atoms with Gasteiger partial charge in [0.05, 0.1) is 0 Å². The van der Waals surface area contributed by atoms with Crippen molar-refractivity contribution in [2.45, 2.75) is 58.0 Å². The van der Waals surface area contributed by atoms with Crippen molar-refractivity contribution in [2.24, 2.45) is 23.7 Å². The predicted octanol–water partition coefficient (Wildman–Crippen LogP) is 3.37. The van der Waals surface area contributed by atoms with Crippen LogP contribution in [0.1, 0.15) is 51.0 Å². The van der Waals surface area contributed by atoms with Gasteiger partial charge in [-0.1, -0.05) is 50.1 Å². The standard InChI is InChI=1S/C22H30N2O2/c1-15-11-20-18(19(15)13-23-22(26)17-9-5-6-10-17)12-21(25)24(20)14-16-7-3-2-4-8-16/h2-4,7-8,15,17-20H,5-6,9-14H2,1H3,(H,23,26)/t15-,18-,19+,20+/m0/s1. The lowest BCUT2D eigenvalue weighted by Gasteiger charge is -2.25. The monoisotopic (exact) mass is 354 g/mol. The van der Waals surface area contributed by atoms with E-state index in [-0.39, 0.29) is 17.7 Å². The Morgan fingerprint density at radius 2 is 1.92 bits per heavy atom. The summed E-state index contributed by atoms with van der Waals surface area (Å²) in [5.41, 5.74) is 1.20. The van der Waals surface area contributed by atoms with Crippen molar-refractivity contribution in [1.82, 2.24) is 10.2 Å². The van der Waals surface area contributed by atoms with E-state index >= 15 is 0 Å². The van der Waals surface area contributed by atoms with Crippen LogP contribution in [0.15, 0.2) is 30.3 Å². The second-order valence-electron chi connectivity index (χ2n) is 8.55. The number of likely N-dealkylation sites (tertiary alicyclic amines) is 1. The van der Waals surface area contributed by atoms with E-state index in [9.17, 15) is 9.59 Å². The minimum Gasteiger partial charge on any atom is -0.356 e. The van der Waals surface area contributed by atoms with Crippen molar-refractivity contribution in [2.75, 3.05) is 6.54 Å². The highest BCUT2D eigenvalue weighted by Gasteiger charge is 2.50. The maximum Gasteiger partial charge on any atom is 0.223 e. The van der Waals surface area contributed by atoms with Gasteiger partial charge in [-0.3, -0.25) is 9.59 Å². The number of hydrogen-bond acceptors (Lipinski definition) is 2. The fourth-order valence-electron chi connectivity index (χ4n) is 5.48. The quantitative estimate of drug-likeness (QED) is 0.881. The molecule has 0 unspecified atom stereocenters. The molecule has 2 aliphatic carbocycles. The molecule has 4 rings (SSSR count). The average molecular weight is 354 g/mol. The molecule has 0 bridgehead atoms. The van der Waals surface area contributed by atoms with Crippen molar-refractivity contribution in [3.8, 4) is 0 Å². The van der Waals surface area contributed by atoms with E-state index in [0.717, 1.165) is 25.8 Å². The zero-order valence-electron chi connectivity index (χ0n) is 15.7. The van der Waals surface area contributed by atoms with Crippen LogP contribution in [0.25, 0.3) is 0 Å². The van der Waals surface area contributed by atoms with Crippen LogP contribution in [0, 0.1) is 23.7 Å². The van der Waals surface area contributed by atoms with Gasteiger partial charge >= 0.3 is 0 Å². The lowest BCUT2D eigenvalue weighted by Crippen LogP contribution is -2.37. The Hall–Kier alpha value is -1.84. The van der Waals surface area contributed by atoms with Crippen molar-refractivity contribution < 1.29 is 9.59 Å². The number of nitrogens with zero attached hydrogens (tertiary/aromatic N) is 1. The maximum absolute atomic E-state index is 12.6. The van der Waals surface area contributed by atoms with E-state index in [2.05, 4.69) is 29.3 Å². The molecule has 1 aromatic carbocycles. The highest BCUT2D eigenvalue weighted by molar-refractivity contribution is 5.80. The van der Waals surface area contributed by atoms with Gasteiger partial charge in [0.2, 0.25) is 11.8 Å². The van der Waals surface area contributed by atoms with Crippen LogP contribution in [-0.2, 0) is 16.1 Å². The summed E-state index contributed by atoms with van der Waals surface area (Å²) in [4.78, 5) is 27.1. The van der Waals surface area contributed by atoms with E-state index in [0.29, 0.717) is 36.8 Å². The molecule has 0 radical (unpaired) electrons. The van der Waals surface area contributed by atoms with E-state index in [1.807, 2.05) is 18.2 Å². The number of amides is 2. The number of nitrogens with one attached hydrogen (secondary N) is 1. The van der Waals surface area contributed by atoms with Gasteiger partial charge < -0.3 is 10.2 Å². The van der Waals surface area contributed by atoms with Gasteiger partial charge in [-0.2, -0.15) is 0 Å². The second kappa shape index (κ2) is 7.42. The first-order valence-corrected chi connectivity index (χ1v) is 10.2. The Balaban J connectivity index is 1.38. The Bertz CT molecular complexity index is 653. The molecule has 4 heteroatoms. The molecule has 1 aliphatic heterocycles. The molecular weight excluding hydrogens is 324 g/mol. The van der Waals surface area contributed by atoms with Crippen LogP contribution in [-0.4, -0.2) is 29.3 Å². The van der Waals surface area contributed by atoms with Crippen molar-refractivity contribution >= 4 is 11.8 Å². The average Bonchev–Trinajstić information content (AvgIpc) is 3.34. The summed E-state index contributed by atoms with van der Waals surface area (Å²) in [5.74, 6) is 2.12. The highest BCUT2D eigenvalue weighted by atomic mass is 16.2. The zero-order chi connectivity index (χ0) is 18.1. The molecule has 0 aromatic heterocycles. The number of rotatable bonds is 5. The molecule has 1 aromatic rings. The predicted molar refractivity (Wildman–Crippen MR) is 101 cm³/mol. The van der Waals surface area contributed by atoms with Gasteiger partial charge in [-0.15, -0.1) is 0 Å². The first kappa shape index (κ1) is 17.6. The molecule has 4 nitrogen and oxygen atoms in total. The summed E-state index contributed by atoms with van der Waals surface area (Å²) < 4.78 is 0. The van der Waals surface area contributed by atoms with E-state index in [4.69, 9.17) is 0 Å². The molecule has 2 amide bonds. The number of carbonyl (C=O) groups excluding carboxylic acids is 2. The molecular formula is C22H30N2O2. The minimum atomic E-state index is 0.224. The summed E-state index contributed by atoms with van der Waals surface area (Å²) >= 11 is 0. The summed E-state index contributed by atoms with van der Waals surface area (Å²) in [5, 5.41) is 3.22. The lowest BCUT2D eigenvalue weighted by molar-refractivity contribution is -0.129. The molecule has 2 saturated carbocycles. The molecule has 4 atom stereocenters. The largest absolute Gasteiger partial charge is 0.356 e. The van der Waals surface area contributed by atoms with Crippen LogP contribution in [0.2, 0.25) is 0 Å². The third-order valence-electron chi connectivity index (χ3n) is 6.95. The minimum absolute atomic E-state index is 0.224.